The number of rotatable bonds is 3. The van der Waals surface area contributed by atoms with Gasteiger partial charge in [0.25, 0.3) is 0 Å². The molecule has 6 rings (SSSR count). The molecular formula is C23H24N8O3. The fraction of sp³-hybridized carbons (Fsp3) is 0.391. The van der Waals surface area contributed by atoms with Crippen molar-refractivity contribution in [1.82, 2.24) is 29.5 Å². The molecule has 1 fully saturated rings. The van der Waals surface area contributed by atoms with Crippen LogP contribution in [0.15, 0.2) is 49.7 Å². The summed E-state index contributed by atoms with van der Waals surface area (Å²) in [7, 11) is 0. The van der Waals surface area contributed by atoms with Gasteiger partial charge in [0.05, 0.1) is 11.2 Å². The molecule has 0 bridgehead atoms. The molecule has 11 heteroatoms. The number of nitrogens with zero attached hydrogens (tertiary/aromatic N) is 6. The maximum atomic E-state index is 12.5. The van der Waals surface area contributed by atoms with Crippen molar-refractivity contribution >= 4 is 28.5 Å². The molecule has 174 valence electrons. The van der Waals surface area contributed by atoms with E-state index in [1.54, 1.807) is 6.20 Å². The Morgan fingerprint density at radius 1 is 1.15 bits per heavy atom. The van der Waals surface area contributed by atoms with Gasteiger partial charge in [-0.05, 0) is 31.4 Å². The van der Waals surface area contributed by atoms with Gasteiger partial charge in [-0.2, -0.15) is 0 Å². The van der Waals surface area contributed by atoms with Gasteiger partial charge >= 0.3 is 11.4 Å². The predicted octanol–water partition coefficient (Wildman–Crippen LogP) is 2.46. The van der Waals surface area contributed by atoms with Crippen LogP contribution in [0.1, 0.15) is 49.6 Å². The number of anilines is 1. The largest absolute Gasteiger partial charge is 0.416 e. The minimum atomic E-state index is -0.419. The summed E-state index contributed by atoms with van der Waals surface area (Å²) in [5.41, 5.74) is 3.14. The van der Waals surface area contributed by atoms with Crippen molar-refractivity contribution in [1.29, 1.82) is 0 Å². The third kappa shape index (κ3) is 3.62. The fourth-order valence-electron chi connectivity index (χ4n) is 5.11. The Bertz CT molecular complexity index is 1500. The lowest BCUT2D eigenvalue weighted by atomic mass is 9.90. The Hall–Kier alpha value is -4.02. The monoisotopic (exact) mass is 460 g/mol. The Kier molecular flexibility index (Phi) is 4.89. The number of fused-ring (bicyclic) bond motifs is 2. The highest BCUT2D eigenvalue weighted by molar-refractivity contribution is 5.90. The summed E-state index contributed by atoms with van der Waals surface area (Å²) < 4.78 is 7.10. The molecule has 4 aromatic heterocycles. The van der Waals surface area contributed by atoms with Crippen LogP contribution >= 0.6 is 0 Å². The number of aromatic nitrogens is 6. The molecule has 0 spiro atoms. The van der Waals surface area contributed by atoms with Crippen molar-refractivity contribution in [3.05, 3.63) is 63.2 Å². The fourth-order valence-corrected chi connectivity index (χ4v) is 5.11. The minimum Gasteiger partial charge on any atom is -0.412 e. The summed E-state index contributed by atoms with van der Waals surface area (Å²) in [5.74, 6) is 1.78. The summed E-state index contributed by atoms with van der Waals surface area (Å²) in [6.07, 6.45) is 6.09. The van der Waals surface area contributed by atoms with Crippen LogP contribution in [0.4, 0.5) is 11.6 Å². The van der Waals surface area contributed by atoms with Crippen molar-refractivity contribution in [3.63, 3.8) is 0 Å². The average Bonchev–Trinajstić information content (AvgIpc) is 3.38. The summed E-state index contributed by atoms with van der Waals surface area (Å²) in [5, 5.41) is 0. The SMILES string of the molecule is CC1CC(=Nc2cc(N3CCC(n4c(=O)[nH]c5ncccc54)CC3)ncn2)Cc2oc(=O)[nH]c21. The first-order chi connectivity index (χ1) is 16.5. The summed E-state index contributed by atoms with van der Waals surface area (Å²) in [6, 6.07) is 5.78. The van der Waals surface area contributed by atoms with Crippen molar-refractivity contribution in [2.45, 2.75) is 44.6 Å². The number of aromatic amines is 2. The van der Waals surface area contributed by atoms with E-state index in [9.17, 15) is 9.59 Å². The van der Waals surface area contributed by atoms with Crippen LogP contribution < -0.4 is 16.3 Å². The molecule has 0 radical (unpaired) electrons. The maximum absolute atomic E-state index is 12.5. The number of oxazole rings is 1. The highest BCUT2D eigenvalue weighted by Crippen LogP contribution is 2.30. The van der Waals surface area contributed by atoms with Crippen molar-refractivity contribution in [2.24, 2.45) is 4.99 Å². The molecule has 5 heterocycles. The first kappa shape index (κ1) is 20.6. The van der Waals surface area contributed by atoms with E-state index in [2.05, 4.69) is 29.8 Å². The number of aliphatic imine (C=N–C) groups is 1. The molecule has 1 aliphatic heterocycles. The smallest absolute Gasteiger partial charge is 0.412 e. The van der Waals surface area contributed by atoms with E-state index in [0.29, 0.717) is 23.6 Å². The highest BCUT2D eigenvalue weighted by Gasteiger charge is 2.27. The van der Waals surface area contributed by atoms with Crippen LogP contribution in [0, 0.1) is 0 Å². The normalized spacial score (nSPS) is 20.2. The van der Waals surface area contributed by atoms with Crippen LogP contribution in [0.5, 0.6) is 0 Å². The number of nitrogens with one attached hydrogen (secondary N) is 2. The number of hydrogen-bond acceptors (Lipinski definition) is 8. The third-order valence-electron chi connectivity index (χ3n) is 6.71. The first-order valence-electron chi connectivity index (χ1n) is 11.5. The maximum Gasteiger partial charge on any atom is 0.416 e. The minimum absolute atomic E-state index is 0.108. The van der Waals surface area contributed by atoms with Gasteiger partial charge in [-0.25, -0.2) is 29.5 Å². The van der Waals surface area contributed by atoms with Crippen molar-refractivity contribution in [3.8, 4) is 0 Å². The van der Waals surface area contributed by atoms with Crippen molar-refractivity contribution < 1.29 is 4.42 Å². The van der Waals surface area contributed by atoms with E-state index in [1.807, 2.05) is 29.7 Å². The molecule has 2 aliphatic rings. The van der Waals surface area contributed by atoms with Gasteiger partial charge in [-0.3, -0.25) is 14.5 Å². The average molecular weight is 460 g/mol. The van der Waals surface area contributed by atoms with Gasteiger partial charge in [-0.1, -0.05) is 6.92 Å². The predicted molar refractivity (Wildman–Crippen MR) is 126 cm³/mol. The molecule has 11 nitrogen and oxygen atoms in total. The molecule has 1 atom stereocenters. The summed E-state index contributed by atoms with van der Waals surface area (Å²) in [6.45, 7) is 3.58. The Morgan fingerprint density at radius 2 is 2.00 bits per heavy atom. The molecular weight excluding hydrogens is 436 g/mol. The lowest BCUT2D eigenvalue weighted by molar-refractivity contribution is 0.395. The van der Waals surface area contributed by atoms with Gasteiger partial charge in [0, 0.05) is 49.4 Å². The van der Waals surface area contributed by atoms with E-state index in [4.69, 9.17) is 9.41 Å². The highest BCUT2D eigenvalue weighted by atomic mass is 16.4. The van der Waals surface area contributed by atoms with Crippen LogP contribution in [0.2, 0.25) is 0 Å². The molecule has 1 unspecified atom stereocenters. The Morgan fingerprint density at radius 3 is 2.85 bits per heavy atom. The van der Waals surface area contributed by atoms with Gasteiger partial charge < -0.3 is 9.32 Å². The molecule has 0 aromatic carbocycles. The van der Waals surface area contributed by atoms with Crippen LogP contribution in [0.25, 0.3) is 11.2 Å². The lowest BCUT2D eigenvalue weighted by Crippen LogP contribution is -2.37. The Labute approximate surface area is 193 Å². The molecule has 0 amide bonds. The molecule has 2 N–H and O–H groups in total. The summed E-state index contributed by atoms with van der Waals surface area (Å²) >= 11 is 0. The molecule has 1 aliphatic carbocycles. The quantitative estimate of drug-likeness (QED) is 0.479. The standard InChI is InChI=1S/C23H24N8O3/c1-13-9-14(10-17-20(13)28-23(33)34-17)27-18-11-19(26-12-25-18)30-7-4-15(5-8-30)31-16-3-2-6-24-21(16)29-22(31)32/h2-3,6,11-13,15H,4-5,7-10H2,1H3,(H,28,33)(H,24,29,32). The third-order valence-corrected chi connectivity index (χ3v) is 6.71. The summed E-state index contributed by atoms with van der Waals surface area (Å²) in [4.78, 5) is 49.7. The molecule has 34 heavy (non-hydrogen) atoms. The van der Waals surface area contributed by atoms with E-state index in [-0.39, 0.29) is 17.6 Å². The van der Waals surface area contributed by atoms with Gasteiger partial charge in [0.1, 0.15) is 17.9 Å². The molecule has 1 saturated heterocycles. The van der Waals surface area contributed by atoms with Crippen LogP contribution in [-0.4, -0.2) is 48.3 Å². The topological polar surface area (TPSA) is 138 Å². The second kappa shape index (κ2) is 8.08. The molecule has 0 saturated carbocycles. The van der Waals surface area contributed by atoms with E-state index in [1.165, 1.54) is 6.33 Å². The number of hydrogen-bond donors (Lipinski definition) is 2. The van der Waals surface area contributed by atoms with Crippen LogP contribution in [0.3, 0.4) is 0 Å². The number of pyridine rings is 1. The Balaban J connectivity index is 1.19. The van der Waals surface area contributed by atoms with Gasteiger partial charge in [0.15, 0.2) is 11.5 Å². The number of H-pyrrole nitrogens is 2. The van der Waals surface area contributed by atoms with E-state index >= 15 is 0 Å². The zero-order valence-electron chi connectivity index (χ0n) is 18.7. The second-order valence-electron chi connectivity index (χ2n) is 8.94. The van der Waals surface area contributed by atoms with Gasteiger partial charge in [0.2, 0.25) is 0 Å². The lowest BCUT2D eigenvalue weighted by Gasteiger charge is -2.33. The zero-order chi connectivity index (χ0) is 23.2. The zero-order valence-corrected chi connectivity index (χ0v) is 18.7. The first-order valence-corrected chi connectivity index (χ1v) is 11.5. The number of imidazole rings is 1. The number of piperidine rings is 1. The van der Waals surface area contributed by atoms with E-state index in [0.717, 1.165) is 55.1 Å². The molecule has 4 aromatic rings. The van der Waals surface area contributed by atoms with Crippen molar-refractivity contribution in [2.75, 3.05) is 18.0 Å². The van der Waals surface area contributed by atoms with Crippen LogP contribution in [-0.2, 0) is 6.42 Å². The second-order valence-corrected chi connectivity index (χ2v) is 8.94. The van der Waals surface area contributed by atoms with Gasteiger partial charge in [-0.15, -0.1) is 0 Å². The van der Waals surface area contributed by atoms with E-state index < -0.39 is 5.76 Å².